The van der Waals surface area contributed by atoms with Crippen molar-refractivity contribution in [2.45, 2.75) is 51.6 Å². The molecular weight excluding hydrogens is 540 g/mol. The van der Waals surface area contributed by atoms with Gasteiger partial charge in [0.05, 0.1) is 25.3 Å². The first kappa shape index (κ1) is 28.1. The van der Waals surface area contributed by atoms with Gasteiger partial charge in [0.2, 0.25) is 0 Å². The van der Waals surface area contributed by atoms with E-state index >= 15 is 0 Å². The Balaban J connectivity index is 1.38. The van der Waals surface area contributed by atoms with Crippen molar-refractivity contribution in [2.75, 3.05) is 7.11 Å². The number of hydrogen-bond donors (Lipinski definition) is 1. The lowest BCUT2D eigenvalue weighted by atomic mass is 9.96. The van der Waals surface area contributed by atoms with E-state index in [1.54, 1.807) is 6.07 Å². The number of nitrogens with zero attached hydrogens (tertiary/aromatic N) is 5. The van der Waals surface area contributed by atoms with Crippen molar-refractivity contribution in [3.8, 4) is 22.5 Å². The van der Waals surface area contributed by atoms with Crippen LogP contribution in [0.15, 0.2) is 89.7 Å². The summed E-state index contributed by atoms with van der Waals surface area (Å²) in [6.07, 6.45) is 8.64. The normalized spacial score (nSPS) is 14.0. The van der Waals surface area contributed by atoms with Crippen LogP contribution in [0.2, 0.25) is 0 Å². The Morgan fingerprint density at radius 3 is 2.51 bits per heavy atom. The van der Waals surface area contributed by atoms with E-state index in [0.29, 0.717) is 24.4 Å². The van der Waals surface area contributed by atoms with Crippen molar-refractivity contribution in [2.24, 2.45) is 0 Å². The van der Waals surface area contributed by atoms with E-state index in [-0.39, 0.29) is 5.56 Å². The molecule has 3 aromatic carbocycles. The van der Waals surface area contributed by atoms with Crippen LogP contribution in [0.3, 0.4) is 0 Å². The molecule has 0 spiro atoms. The highest BCUT2D eigenvalue weighted by Gasteiger charge is 2.29. The number of H-pyrrole nitrogens is 1. The summed E-state index contributed by atoms with van der Waals surface area (Å²) in [7, 11) is 1.38. The van der Waals surface area contributed by atoms with E-state index < -0.39 is 12.0 Å². The molecule has 1 aliphatic rings. The average Bonchev–Trinajstić information content (AvgIpc) is 3.69. The molecule has 0 saturated carbocycles. The van der Waals surface area contributed by atoms with E-state index in [1.165, 1.54) is 7.11 Å². The number of carbonyl (C=O) groups is 1. The number of allylic oxidation sites excluding steroid dienone is 2. The lowest BCUT2D eigenvalue weighted by Gasteiger charge is -2.25. The first-order valence-corrected chi connectivity index (χ1v) is 14.7. The Kier molecular flexibility index (Phi) is 8.13. The van der Waals surface area contributed by atoms with Gasteiger partial charge in [-0.15, -0.1) is 5.10 Å². The van der Waals surface area contributed by atoms with E-state index in [4.69, 9.17) is 4.74 Å². The minimum atomic E-state index is -0.412. The lowest BCUT2D eigenvalue weighted by molar-refractivity contribution is 0.0598. The zero-order chi connectivity index (χ0) is 29.8. The zero-order valence-electron chi connectivity index (χ0n) is 24.4. The van der Waals surface area contributed by atoms with Crippen LogP contribution in [0.1, 0.15) is 65.0 Å². The molecule has 0 fully saturated rings. The first-order chi connectivity index (χ1) is 21.1. The van der Waals surface area contributed by atoms with Gasteiger partial charge in [-0.05, 0) is 51.6 Å². The molecule has 43 heavy (non-hydrogen) atoms. The quantitative estimate of drug-likeness (QED) is 0.129. The largest absolute Gasteiger partial charge is 0.465 e. The van der Waals surface area contributed by atoms with Gasteiger partial charge in [-0.25, -0.2) is 14.6 Å². The summed E-state index contributed by atoms with van der Waals surface area (Å²) in [4.78, 5) is 26.9. The highest BCUT2D eigenvalue weighted by molar-refractivity contribution is 5.91. The molecule has 6 rings (SSSR count). The topological polar surface area (TPSA) is 108 Å². The van der Waals surface area contributed by atoms with Crippen LogP contribution in [-0.2, 0) is 24.1 Å². The molecule has 0 aliphatic carbocycles. The number of fused-ring (bicyclic) bond motifs is 1. The SMILES string of the molecule is CCCCCc1c(Cc2ccc(-c3ccccc3-c3nnn[nH]3)cc2)c(=O)n2n1CC=CC2c1ccccc1C(=O)OC. The lowest BCUT2D eigenvalue weighted by Crippen LogP contribution is -2.32. The van der Waals surface area contributed by atoms with Gasteiger partial charge in [-0.3, -0.25) is 9.48 Å². The first-order valence-electron chi connectivity index (χ1n) is 14.7. The second-order valence-corrected chi connectivity index (χ2v) is 10.7. The summed E-state index contributed by atoms with van der Waals surface area (Å²) < 4.78 is 9.00. The molecular formula is C34H34N6O3. The predicted octanol–water partition coefficient (Wildman–Crippen LogP) is 5.77. The Hall–Kier alpha value is -5.05. The number of esters is 1. The van der Waals surface area contributed by atoms with Gasteiger partial charge in [-0.1, -0.05) is 98.6 Å². The van der Waals surface area contributed by atoms with Crippen LogP contribution in [0.5, 0.6) is 0 Å². The fraction of sp³-hybridized carbons (Fsp3) is 0.265. The molecule has 1 N–H and O–H groups in total. The van der Waals surface area contributed by atoms with E-state index in [0.717, 1.165) is 64.8 Å². The summed E-state index contributed by atoms with van der Waals surface area (Å²) >= 11 is 0. The van der Waals surface area contributed by atoms with Gasteiger partial charge >= 0.3 is 5.97 Å². The third-order valence-corrected chi connectivity index (χ3v) is 8.12. The number of carbonyl (C=O) groups excluding carboxylic acids is 1. The van der Waals surface area contributed by atoms with Gasteiger partial charge < -0.3 is 4.74 Å². The van der Waals surface area contributed by atoms with Gasteiger partial charge in [0.25, 0.3) is 5.56 Å². The molecule has 1 unspecified atom stereocenters. The molecule has 218 valence electrons. The van der Waals surface area contributed by atoms with Crippen molar-refractivity contribution in [3.63, 3.8) is 0 Å². The summed E-state index contributed by atoms with van der Waals surface area (Å²) in [5.41, 5.74) is 7.10. The number of nitrogens with one attached hydrogen (secondary N) is 1. The minimum Gasteiger partial charge on any atom is -0.465 e. The van der Waals surface area contributed by atoms with Crippen LogP contribution < -0.4 is 5.56 Å². The predicted molar refractivity (Wildman–Crippen MR) is 165 cm³/mol. The van der Waals surface area contributed by atoms with Crippen LogP contribution >= 0.6 is 0 Å². The molecule has 0 radical (unpaired) electrons. The van der Waals surface area contributed by atoms with Crippen LogP contribution in [0.4, 0.5) is 0 Å². The molecule has 9 nitrogen and oxygen atoms in total. The maximum Gasteiger partial charge on any atom is 0.338 e. The van der Waals surface area contributed by atoms with Gasteiger partial charge in [0.1, 0.15) is 0 Å². The molecule has 0 bridgehead atoms. The van der Waals surface area contributed by atoms with Crippen molar-refractivity contribution in [1.82, 2.24) is 30.0 Å². The Labute approximate surface area is 249 Å². The number of aromatic nitrogens is 6. The number of aromatic amines is 1. The maximum atomic E-state index is 14.2. The number of unbranched alkanes of at least 4 members (excludes halogenated alkanes) is 2. The molecule has 1 atom stereocenters. The van der Waals surface area contributed by atoms with Crippen molar-refractivity contribution < 1.29 is 9.53 Å². The fourth-order valence-electron chi connectivity index (χ4n) is 6.01. The molecule has 0 amide bonds. The van der Waals surface area contributed by atoms with Crippen molar-refractivity contribution in [3.05, 3.63) is 123 Å². The number of tetrazole rings is 1. The smallest absolute Gasteiger partial charge is 0.338 e. The molecule has 9 heteroatoms. The minimum absolute atomic E-state index is 0.0206. The monoisotopic (exact) mass is 574 g/mol. The summed E-state index contributed by atoms with van der Waals surface area (Å²) in [6.45, 7) is 2.79. The van der Waals surface area contributed by atoms with Crippen molar-refractivity contribution in [1.29, 1.82) is 0 Å². The highest BCUT2D eigenvalue weighted by Crippen LogP contribution is 2.31. The second kappa shape index (κ2) is 12.4. The van der Waals surface area contributed by atoms with E-state index in [9.17, 15) is 9.59 Å². The van der Waals surface area contributed by atoms with E-state index in [1.807, 2.05) is 53.2 Å². The summed E-state index contributed by atoms with van der Waals surface area (Å²) in [6, 6.07) is 23.3. The van der Waals surface area contributed by atoms with Crippen LogP contribution in [0, 0.1) is 0 Å². The number of methoxy groups -OCH3 is 1. The third kappa shape index (κ3) is 5.46. The zero-order valence-corrected chi connectivity index (χ0v) is 24.4. The number of ether oxygens (including phenoxy) is 1. The van der Waals surface area contributed by atoms with Crippen LogP contribution in [-0.4, -0.2) is 43.1 Å². The molecule has 1 aliphatic heterocycles. The maximum absolute atomic E-state index is 14.2. The fourth-order valence-corrected chi connectivity index (χ4v) is 6.01. The third-order valence-electron chi connectivity index (χ3n) is 8.12. The number of benzene rings is 3. The van der Waals surface area contributed by atoms with Crippen LogP contribution in [0.25, 0.3) is 22.5 Å². The Morgan fingerprint density at radius 2 is 1.77 bits per heavy atom. The van der Waals surface area contributed by atoms with Gasteiger partial charge in [0, 0.05) is 23.2 Å². The Morgan fingerprint density at radius 1 is 1.00 bits per heavy atom. The van der Waals surface area contributed by atoms with E-state index in [2.05, 4.69) is 62.6 Å². The number of hydrogen-bond acceptors (Lipinski definition) is 6. The average molecular weight is 575 g/mol. The van der Waals surface area contributed by atoms with Crippen molar-refractivity contribution >= 4 is 5.97 Å². The molecule has 2 aromatic heterocycles. The second-order valence-electron chi connectivity index (χ2n) is 10.7. The Bertz CT molecular complexity index is 1820. The van der Waals surface area contributed by atoms with Gasteiger partial charge in [-0.2, -0.15) is 0 Å². The molecule has 0 saturated heterocycles. The van der Waals surface area contributed by atoms with Gasteiger partial charge in [0.15, 0.2) is 5.82 Å². The standard InChI is InChI=1S/C34H34N6O3/c1-3-4-5-15-30-29(22-23-17-19-24(20-18-23)25-11-6-8-13-27(25)32-35-37-38-36-32)33(41)40-31(16-10-21-39(30)40)26-12-7-9-14-28(26)34(42)43-2/h6-14,16-20,31H,3-5,15,21-22H2,1-2H3,(H,35,36,37,38). The summed E-state index contributed by atoms with van der Waals surface area (Å²) in [5, 5.41) is 14.4. The molecule has 5 aromatic rings. The number of rotatable bonds is 10. The highest BCUT2D eigenvalue weighted by atomic mass is 16.5. The molecule has 3 heterocycles. The summed E-state index contributed by atoms with van der Waals surface area (Å²) in [5.74, 6) is 0.200.